The molecule has 1 aromatic heterocycles. The molecule has 1 fully saturated rings. The predicted molar refractivity (Wildman–Crippen MR) is 100 cm³/mol. The Hall–Kier alpha value is -2.93. The van der Waals surface area contributed by atoms with Gasteiger partial charge in [0.05, 0.1) is 11.9 Å². The third kappa shape index (κ3) is 5.03. The van der Waals surface area contributed by atoms with Crippen LogP contribution in [0.4, 0.5) is 22.9 Å². The maximum atomic E-state index is 12.2. The topological polar surface area (TPSA) is 92.4 Å². The summed E-state index contributed by atoms with van der Waals surface area (Å²) in [6.45, 7) is 2.74. The van der Waals surface area contributed by atoms with Gasteiger partial charge in [0, 0.05) is 37.4 Å². The van der Waals surface area contributed by atoms with E-state index in [1.807, 2.05) is 30.3 Å². The SMILES string of the molecule is CC(=O)Nc1cccc(Nc2ccc(NC(=O)C3CCOCC3)cn2)c1. The Morgan fingerprint density at radius 3 is 2.50 bits per heavy atom. The van der Waals surface area contributed by atoms with E-state index in [9.17, 15) is 9.59 Å². The molecule has 2 amide bonds. The number of amides is 2. The van der Waals surface area contributed by atoms with Crippen LogP contribution in [-0.4, -0.2) is 30.0 Å². The summed E-state index contributed by atoms with van der Waals surface area (Å²) in [5, 5.41) is 8.81. The van der Waals surface area contributed by atoms with Crippen LogP contribution < -0.4 is 16.0 Å². The molecule has 0 unspecified atom stereocenters. The minimum Gasteiger partial charge on any atom is -0.381 e. The van der Waals surface area contributed by atoms with Gasteiger partial charge < -0.3 is 20.7 Å². The molecule has 136 valence electrons. The third-order valence-electron chi connectivity index (χ3n) is 4.08. The summed E-state index contributed by atoms with van der Waals surface area (Å²) in [6.07, 6.45) is 3.13. The first kappa shape index (κ1) is 17.9. The van der Waals surface area contributed by atoms with Crippen molar-refractivity contribution in [2.24, 2.45) is 5.92 Å². The number of aromatic nitrogens is 1. The Bertz CT molecular complexity index is 771. The highest BCUT2D eigenvalue weighted by Crippen LogP contribution is 2.21. The molecule has 1 aliphatic rings. The van der Waals surface area contributed by atoms with Gasteiger partial charge in [-0.3, -0.25) is 9.59 Å². The second-order valence-electron chi connectivity index (χ2n) is 6.20. The normalized spacial score (nSPS) is 14.5. The van der Waals surface area contributed by atoms with E-state index >= 15 is 0 Å². The smallest absolute Gasteiger partial charge is 0.227 e. The molecule has 7 nitrogen and oxygen atoms in total. The van der Waals surface area contributed by atoms with Crippen molar-refractivity contribution in [3.8, 4) is 0 Å². The second-order valence-corrected chi connectivity index (χ2v) is 6.20. The lowest BCUT2D eigenvalue weighted by Gasteiger charge is -2.21. The number of benzene rings is 1. The Balaban J connectivity index is 1.59. The van der Waals surface area contributed by atoms with Crippen molar-refractivity contribution in [1.82, 2.24) is 4.98 Å². The number of anilines is 4. The predicted octanol–water partition coefficient (Wildman–Crippen LogP) is 3.15. The van der Waals surface area contributed by atoms with Gasteiger partial charge in [0.1, 0.15) is 5.82 Å². The third-order valence-corrected chi connectivity index (χ3v) is 4.08. The van der Waals surface area contributed by atoms with Crippen molar-refractivity contribution in [1.29, 1.82) is 0 Å². The highest BCUT2D eigenvalue weighted by atomic mass is 16.5. The second kappa shape index (κ2) is 8.44. The molecule has 0 bridgehead atoms. The van der Waals surface area contributed by atoms with Crippen molar-refractivity contribution < 1.29 is 14.3 Å². The molecule has 1 saturated heterocycles. The molecule has 0 spiro atoms. The Morgan fingerprint density at radius 2 is 1.81 bits per heavy atom. The molecule has 1 aliphatic heterocycles. The van der Waals surface area contributed by atoms with E-state index in [4.69, 9.17) is 4.74 Å². The zero-order chi connectivity index (χ0) is 18.4. The van der Waals surface area contributed by atoms with Gasteiger partial charge in [-0.25, -0.2) is 4.98 Å². The first-order valence-electron chi connectivity index (χ1n) is 8.59. The van der Waals surface area contributed by atoms with Gasteiger partial charge in [0.2, 0.25) is 11.8 Å². The molecule has 3 N–H and O–H groups in total. The number of rotatable bonds is 5. The molecule has 3 rings (SSSR count). The highest BCUT2D eigenvalue weighted by molar-refractivity contribution is 5.92. The van der Waals surface area contributed by atoms with E-state index in [1.165, 1.54) is 6.92 Å². The fourth-order valence-corrected chi connectivity index (χ4v) is 2.77. The summed E-state index contributed by atoms with van der Waals surface area (Å²) in [4.78, 5) is 27.7. The van der Waals surface area contributed by atoms with Crippen LogP contribution >= 0.6 is 0 Å². The lowest BCUT2D eigenvalue weighted by atomic mass is 9.99. The molecule has 7 heteroatoms. The molecule has 0 saturated carbocycles. The molecule has 1 aromatic carbocycles. The maximum Gasteiger partial charge on any atom is 0.227 e. The minimum atomic E-state index is -0.120. The van der Waals surface area contributed by atoms with E-state index in [0.29, 0.717) is 30.4 Å². The Kier molecular flexibility index (Phi) is 5.80. The standard InChI is InChI=1S/C19H22N4O3/c1-13(24)21-15-3-2-4-16(11-15)22-18-6-5-17(12-20-18)23-19(25)14-7-9-26-10-8-14/h2-6,11-12,14H,7-10H2,1H3,(H,20,22)(H,21,24)(H,23,25). The van der Waals surface area contributed by atoms with Crippen LogP contribution in [0.1, 0.15) is 19.8 Å². The number of ether oxygens (including phenoxy) is 1. The van der Waals surface area contributed by atoms with Gasteiger partial charge in [-0.05, 0) is 43.2 Å². The quantitative estimate of drug-likeness (QED) is 0.767. The van der Waals surface area contributed by atoms with E-state index in [1.54, 1.807) is 12.3 Å². The molecule has 0 radical (unpaired) electrons. The molecular weight excluding hydrogens is 332 g/mol. The molecule has 2 heterocycles. The van der Waals surface area contributed by atoms with Crippen molar-refractivity contribution >= 4 is 34.7 Å². The number of carbonyl (C=O) groups is 2. The van der Waals surface area contributed by atoms with Crippen molar-refractivity contribution in [2.45, 2.75) is 19.8 Å². The number of hydrogen-bond acceptors (Lipinski definition) is 5. The first-order valence-corrected chi connectivity index (χ1v) is 8.59. The summed E-state index contributed by atoms with van der Waals surface area (Å²) < 4.78 is 5.28. The van der Waals surface area contributed by atoms with Gasteiger partial charge in [-0.15, -0.1) is 0 Å². The summed E-state index contributed by atoms with van der Waals surface area (Å²) in [5.74, 6) is 0.538. The fraction of sp³-hybridized carbons (Fsp3) is 0.316. The lowest BCUT2D eigenvalue weighted by Crippen LogP contribution is -2.28. The van der Waals surface area contributed by atoms with E-state index < -0.39 is 0 Å². The zero-order valence-corrected chi connectivity index (χ0v) is 14.6. The Morgan fingerprint density at radius 1 is 1.04 bits per heavy atom. The Labute approximate surface area is 152 Å². The van der Waals surface area contributed by atoms with Crippen LogP contribution in [0.25, 0.3) is 0 Å². The number of carbonyl (C=O) groups excluding carboxylic acids is 2. The first-order chi connectivity index (χ1) is 12.6. The van der Waals surface area contributed by atoms with Crippen molar-refractivity contribution in [2.75, 3.05) is 29.2 Å². The van der Waals surface area contributed by atoms with Crippen LogP contribution in [0.5, 0.6) is 0 Å². The fourth-order valence-electron chi connectivity index (χ4n) is 2.77. The molecular formula is C19H22N4O3. The van der Waals surface area contributed by atoms with Gasteiger partial charge in [-0.2, -0.15) is 0 Å². The average Bonchev–Trinajstić information content (AvgIpc) is 2.64. The van der Waals surface area contributed by atoms with Gasteiger partial charge >= 0.3 is 0 Å². The van der Waals surface area contributed by atoms with Crippen LogP contribution in [0.3, 0.4) is 0 Å². The van der Waals surface area contributed by atoms with Gasteiger partial charge in [0.15, 0.2) is 0 Å². The number of pyridine rings is 1. The summed E-state index contributed by atoms with van der Waals surface area (Å²) >= 11 is 0. The van der Waals surface area contributed by atoms with Crippen molar-refractivity contribution in [3.05, 3.63) is 42.6 Å². The lowest BCUT2D eigenvalue weighted by molar-refractivity contribution is -0.122. The minimum absolute atomic E-state index is 0.00179. The van der Waals surface area contributed by atoms with E-state index in [0.717, 1.165) is 18.5 Å². The number of nitrogens with zero attached hydrogens (tertiary/aromatic N) is 1. The number of nitrogens with one attached hydrogen (secondary N) is 3. The van der Waals surface area contributed by atoms with Crippen LogP contribution in [-0.2, 0) is 14.3 Å². The zero-order valence-electron chi connectivity index (χ0n) is 14.6. The van der Waals surface area contributed by atoms with Crippen LogP contribution in [0.15, 0.2) is 42.6 Å². The van der Waals surface area contributed by atoms with Crippen LogP contribution in [0.2, 0.25) is 0 Å². The molecule has 26 heavy (non-hydrogen) atoms. The average molecular weight is 354 g/mol. The van der Waals surface area contributed by atoms with Gasteiger partial charge in [0.25, 0.3) is 0 Å². The highest BCUT2D eigenvalue weighted by Gasteiger charge is 2.21. The summed E-state index contributed by atoms with van der Waals surface area (Å²) in [6, 6.07) is 11.0. The molecule has 0 aliphatic carbocycles. The monoisotopic (exact) mass is 354 g/mol. The summed E-state index contributed by atoms with van der Waals surface area (Å²) in [5.41, 5.74) is 2.18. The maximum absolute atomic E-state index is 12.2. The van der Waals surface area contributed by atoms with Crippen LogP contribution in [0, 0.1) is 5.92 Å². The largest absolute Gasteiger partial charge is 0.381 e. The van der Waals surface area contributed by atoms with E-state index in [-0.39, 0.29) is 17.7 Å². The van der Waals surface area contributed by atoms with Crippen molar-refractivity contribution in [3.63, 3.8) is 0 Å². The summed E-state index contributed by atoms with van der Waals surface area (Å²) in [7, 11) is 0. The molecule has 2 aromatic rings. The number of hydrogen-bond donors (Lipinski definition) is 3. The molecule has 0 atom stereocenters. The van der Waals surface area contributed by atoms with E-state index in [2.05, 4.69) is 20.9 Å². The van der Waals surface area contributed by atoms with Gasteiger partial charge in [-0.1, -0.05) is 6.07 Å².